The van der Waals surface area contributed by atoms with Crippen molar-refractivity contribution in [1.29, 1.82) is 0 Å². The van der Waals surface area contributed by atoms with Crippen molar-refractivity contribution in [2.75, 3.05) is 24.7 Å². The molecule has 1 heterocycles. The van der Waals surface area contributed by atoms with Crippen LogP contribution in [-0.4, -0.2) is 18.6 Å². The summed E-state index contributed by atoms with van der Waals surface area (Å²) in [4.78, 5) is 4.32. The fraction of sp³-hybridized carbons (Fsp3) is 0.615. The summed E-state index contributed by atoms with van der Waals surface area (Å²) in [5.41, 5.74) is 7.00. The second kappa shape index (κ2) is 4.43. The maximum absolute atomic E-state index is 5.89. The van der Waals surface area contributed by atoms with Gasteiger partial charge in [0.1, 0.15) is 0 Å². The lowest BCUT2D eigenvalue weighted by atomic mass is 9.92. The molecular formula is C13H21N3O. The highest BCUT2D eigenvalue weighted by Crippen LogP contribution is 2.51. The number of rotatable bonds is 5. The summed E-state index contributed by atoms with van der Waals surface area (Å²) in [7, 11) is 1.61. The zero-order valence-electron chi connectivity index (χ0n) is 10.8. The van der Waals surface area contributed by atoms with Crippen molar-refractivity contribution in [2.45, 2.75) is 26.7 Å². The number of pyridine rings is 1. The van der Waals surface area contributed by atoms with E-state index in [9.17, 15) is 0 Å². The van der Waals surface area contributed by atoms with Crippen molar-refractivity contribution in [3.63, 3.8) is 0 Å². The average molecular weight is 235 g/mol. The molecule has 94 valence electrons. The number of nitrogen functional groups attached to an aromatic ring is 1. The van der Waals surface area contributed by atoms with E-state index in [1.807, 2.05) is 6.07 Å². The van der Waals surface area contributed by atoms with E-state index in [0.717, 1.165) is 12.4 Å². The second-order valence-electron chi connectivity index (χ2n) is 5.16. The third kappa shape index (κ3) is 2.46. The molecule has 2 rings (SSSR count). The fourth-order valence-electron chi connectivity index (χ4n) is 2.09. The molecular weight excluding hydrogens is 214 g/mol. The molecule has 1 saturated carbocycles. The van der Waals surface area contributed by atoms with Crippen LogP contribution in [0.2, 0.25) is 0 Å². The van der Waals surface area contributed by atoms with E-state index in [1.54, 1.807) is 13.2 Å². The van der Waals surface area contributed by atoms with Gasteiger partial charge in [0.2, 0.25) is 5.88 Å². The van der Waals surface area contributed by atoms with Gasteiger partial charge in [-0.1, -0.05) is 13.8 Å². The molecule has 0 radical (unpaired) electrons. The lowest BCUT2D eigenvalue weighted by Gasteiger charge is -2.21. The van der Waals surface area contributed by atoms with Crippen LogP contribution in [-0.2, 0) is 0 Å². The quantitative estimate of drug-likeness (QED) is 0.823. The van der Waals surface area contributed by atoms with Gasteiger partial charge in [-0.05, 0) is 30.2 Å². The number of anilines is 2. The fourth-order valence-corrected chi connectivity index (χ4v) is 2.09. The number of nitrogens with one attached hydrogen (secondary N) is 1. The van der Waals surface area contributed by atoms with E-state index in [1.165, 1.54) is 12.8 Å². The molecule has 1 aromatic heterocycles. The summed E-state index contributed by atoms with van der Waals surface area (Å²) >= 11 is 0. The zero-order chi connectivity index (χ0) is 12.5. The molecule has 0 atom stereocenters. The summed E-state index contributed by atoms with van der Waals surface area (Å²) in [6.45, 7) is 5.49. The highest BCUT2D eigenvalue weighted by molar-refractivity contribution is 5.62. The number of hydrogen-bond acceptors (Lipinski definition) is 4. The maximum Gasteiger partial charge on any atom is 0.215 e. The molecule has 17 heavy (non-hydrogen) atoms. The molecule has 1 aliphatic carbocycles. The number of nitrogens with two attached hydrogens (primary N) is 1. The molecule has 0 amide bonds. The summed E-state index contributed by atoms with van der Waals surface area (Å²) < 4.78 is 5.10. The van der Waals surface area contributed by atoms with Gasteiger partial charge in [0.05, 0.1) is 12.8 Å². The summed E-state index contributed by atoms with van der Waals surface area (Å²) in [5.74, 6) is 2.02. The molecule has 0 unspecified atom stereocenters. The first-order valence-electron chi connectivity index (χ1n) is 6.12. The van der Waals surface area contributed by atoms with Gasteiger partial charge < -0.3 is 15.8 Å². The first kappa shape index (κ1) is 12.0. The molecule has 0 aliphatic heterocycles. The molecule has 3 N–H and O–H groups in total. The molecule has 0 aromatic carbocycles. The number of aromatic nitrogens is 1. The van der Waals surface area contributed by atoms with Gasteiger partial charge in [-0.25, -0.2) is 0 Å². The molecule has 0 saturated heterocycles. The van der Waals surface area contributed by atoms with Crippen molar-refractivity contribution < 1.29 is 4.74 Å². The molecule has 4 heteroatoms. The summed E-state index contributed by atoms with van der Waals surface area (Å²) in [6, 6.07) is 3.60. The largest absolute Gasteiger partial charge is 0.481 e. The monoisotopic (exact) mass is 235 g/mol. The predicted octanol–water partition coefficient (Wildman–Crippen LogP) is 2.52. The standard InChI is InChI=1S/C13H21N3O/c1-9(2)13(6-7-13)8-15-12-10(14)4-5-11(16-12)17-3/h4-5,9H,6-8,14H2,1-3H3,(H,15,16). The first-order valence-corrected chi connectivity index (χ1v) is 6.12. The van der Waals surface area contributed by atoms with Crippen LogP contribution < -0.4 is 15.8 Å². The lowest BCUT2D eigenvalue weighted by molar-refractivity contribution is 0.378. The van der Waals surface area contributed by atoms with Crippen molar-refractivity contribution in [3.8, 4) is 5.88 Å². The van der Waals surface area contributed by atoms with Gasteiger partial charge in [0, 0.05) is 12.6 Å². The minimum atomic E-state index is 0.442. The number of hydrogen-bond donors (Lipinski definition) is 2. The van der Waals surface area contributed by atoms with E-state index < -0.39 is 0 Å². The Hall–Kier alpha value is -1.45. The van der Waals surface area contributed by atoms with Crippen molar-refractivity contribution >= 4 is 11.5 Å². The summed E-state index contributed by atoms with van der Waals surface area (Å²) in [6.07, 6.45) is 2.59. The molecule has 1 aromatic rings. The van der Waals surface area contributed by atoms with Gasteiger partial charge in [0.15, 0.2) is 5.82 Å². The Morgan fingerprint density at radius 3 is 2.71 bits per heavy atom. The van der Waals surface area contributed by atoms with Gasteiger partial charge >= 0.3 is 0 Å². The predicted molar refractivity (Wildman–Crippen MR) is 70.2 cm³/mol. The third-order valence-corrected chi connectivity index (χ3v) is 3.83. The molecule has 1 fully saturated rings. The molecule has 0 bridgehead atoms. The van der Waals surface area contributed by atoms with E-state index in [0.29, 0.717) is 22.9 Å². The molecule has 0 spiro atoms. The SMILES string of the molecule is COc1ccc(N)c(NCC2(C(C)C)CC2)n1. The minimum absolute atomic E-state index is 0.442. The van der Waals surface area contributed by atoms with Crippen LogP contribution in [0.25, 0.3) is 0 Å². The third-order valence-electron chi connectivity index (χ3n) is 3.83. The van der Waals surface area contributed by atoms with E-state index in [2.05, 4.69) is 24.1 Å². The highest BCUT2D eigenvalue weighted by atomic mass is 16.5. The maximum atomic E-state index is 5.89. The van der Waals surface area contributed by atoms with Gasteiger partial charge in [0.25, 0.3) is 0 Å². The molecule has 4 nitrogen and oxygen atoms in total. The van der Waals surface area contributed by atoms with Crippen LogP contribution in [0.3, 0.4) is 0 Å². The van der Waals surface area contributed by atoms with Crippen molar-refractivity contribution in [1.82, 2.24) is 4.98 Å². The second-order valence-corrected chi connectivity index (χ2v) is 5.16. The summed E-state index contributed by atoms with van der Waals surface area (Å²) in [5, 5.41) is 3.36. The Morgan fingerprint density at radius 2 is 2.18 bits per heavy atom. The smallest absolute Gasteiger partial charge is 0.215 e. The van der Waals surface area contributed by atoms with E-state index in [4.69, 9.17) is 10.5 Å². The highest BCUT2D eigenvalue weighted by Gasteiger charge is 2.45. The Bertz CT molecular complexity index is 400. The van der Waals surface area contributed by atoms with Gasteiger partial charge in [-0.3, -0.25) is 0 Å². The number of methoxy groups -OCH3 is 1. The Labute approximate surface area is 103 Å². The van der Waals surface area contributed by atoms with Gasteiger partial charge in [-0.15, -0.1) is 0 Å². The molecule has 1 aliphatic rings. The van der Waals surface area contributed by atoms with Crippen LogP contribution in [0.1, 0.15) is 26.7 Å². The van der Waals surface area contributed by atoms with Crippen molar-refractivity contribution in [3.05, 3.63) is 12.1 Å². The van der Waals surface area contributed by atoms with E-state index >= 15 is 0 Å². The van der Waals surface area contributed by atoms with Gasteiger partial charge in [-0.2, -0.15) is 4.98 Å². The van der Waals surface area contributed by atoms with E-state index in [-0.39, 0.29) is 0 Å². The van der Waals surface area contributed by atoms with Crippen LogP contribution in [0.4, 0.5) is 11.5 Å². The lowest BCUT2D eigenvalue weighted by Crippen LogP contribution is -2.21. The van der Waals surface area contributed by atoms with Crippen molar-refractivity contribution in [2.24, 2.45) is 11.3 Å². The van der Waals surface area contributed by atoms with Crippen LogP contribution in [0.5, 0.6) is 5.88 Å². The average Bonchev–Trinajstić information content (AvgIpc) is 3.09. The number of nitrogens with zero attached hydrogens (tertiary/aromatic N) is 1. The Morgan fingerprint density at radius 1 is 1.47 bits per heavy atom. The van der Waals surface area contributed by atoms with Crippen LogP contribution in [0.15, 0.2) is 12.1 Å². The topological polar surface area (TPSA) is 60.2 Å². The Kier molecular flexibility index (Phi) is 3.13. The van der Waals surface area contributed by atoms with Crippen LogP contribution >= 0.6 is 0 Å². The first-order chi connectivity index (χ1) is 8.07. The normalized spacial score (nSPS) is 16.9. The minimum Gasteiger partial charge on any atom is -0.481 e. The number of ether oxygens (including phenoxy) is 1. The zero-order valence-corrected chi connectivity index (χ0v) is 10.8. The Balaban J connectivity index is 2.04. The van der Waals surface area contributed by atoms with Crippen LogP contribution in [0, 0.1) is 11.3 Å².